The lowest BCUT2D eigenvalue weighted by atomic mass is 10.1. The van der Waals surface area contributed by atoms with Crippen LogP contribution in [0.5, 0.6) is 0 Å². The Balaban J connectivity index is 2.87. The van der Waals surface area contributed by atoms with Crippen LogP contribution in [0.2, 0.25) is 0 Å². The summed E-state index contributed by atoms with van der Waals surface area (Å²) >= 11 is 0. The molecule has 0 saturated heterocycles. The van der Waals surface area contributed by atoms with Crippen LogP contribution >= 0.6 is 0 Å². The zero-order valence-electron chi connectivity index (χ0n) is 14.5. The van der Waals surface area contributed by atoms with Crippen molar-refractivity contribution in [2.45, 2.75) is 27.5 Å². The number of allylic oxidation sites excluding steroid dienone is 2. The molecule has 8 heteroatoms. The Morgan fingerprint density at radius 1 is 0.889 bits per heavy atom. The fourth-order valence-electron chi connectivity index (χ4n) is 2.73. The molecule has 2 aromatic rings. The second kappa shape index (κ2) is 8.14. The molecule has 0 fully saturated rings. The van der Waals surface area contributed by atoms with E-state index in [-0.39, 0.29) is 0 Å². The number of carbonyl (C=O) groups is 1. The van der Waals surface area contributed by atoms with Crippen LogP contribution in [0, 0.1) is 5.92 Å². The van der Waals surface area contributed by atoms with Crippen LogP contribution in [-0.2, 0) is 24.5 Å². The van der Waals surface area contributed by atoms with Gasteiger partial charge in [0.15, 0.2) is 0 Å². The predicted octanol–water partition coefficient (Wildman–Crippen LogP) is 3.34. The first kappa shape index (κ1) is 21.0. The molecule has 5 nitrogen and oxygen atoms in total. The Hall–Kier alpha value is -2.32. The molecule has 0 spiro atoms. The van der Waals surface area contributed by atoms with E-state index in [2.05, 4.69) is 0 Å². The van der Waals surface area contributed by atoms with Gasteiger partial charge in [0.25, 0.3) is 0 Å². The maximum absolute atomic E-state index is 16.4. The highest BCUT2D eigenvalue weighted by Crippen LogP contribution is 2.44. The Morgan fingerprint density at radius 3 is 1.63 bits per heavy atom. The molecule has 0 aromatic heterocycles. The van der Waals surface area contributed by atoms with Crippen molar-refractivity contribution in [3.05, 3.63) is 72.8 Å². The summed E-state index contributed by atoms with van der Waals surface area (Å²) in [4.78, 5) is 10.1. The molecule has 1 unspecified atom stereocenters. The molecule has 0 aliphatic rings. The summed E-state index contributed by atoms with van der Waals surface area (Å²) in [7, 11) is -10.0. The lowest BCUT2D eigenvalue weighted by molar-refractivity contribution is -0.108. The molecule has 27 heavy (non-hydrogen) atoms. The number of rotatable bonds is 8. The van der Waals surface area contributed by atoms with Gasteiger partial charge in [-0.3, -0.25) is 0 Å². The number of benzene rings is 2. The van der Waals surface area contributed by atoms with Gasteiger partial charge in [0.05, 0.1) is 9.79 Å². The van der Waals surface area contributed by atoms with Crippen LogP contribution in [0.4, 0.5) is 4.39 Å². The van der Waals surface area contributed by atoms with Crippen molar-refractivity contribution in [2.24, 2.45) is 5.92 Å². The highest BCUT2D eigenvalue weighted by molar-refractivity contribution is 8.10. The van der Waals surface area contributed by atoms with Gasteiger partial charge < -0.3 is 4.79 Å². The molecule has 1 atom stereocenters. The number of aldehydes is 1. The number of sulfone groups is 2. The first-order chi connectivity index (χ1) is 12.7. The van der Waals surface area contributed by atoms with E-state index in [1.165, 1.54) is 49.4 Å². The molecule has 0 aliphatic heterocycles. The van der Waals surface area contributed by atoms with Crippen molar-refractivity contribution >= 4 is 26.0 Å². The number of hydrogen-bond donors (Lipinski definition) is 0. The van der Waals surface area contributed by atoms with Gasteiger partial charge in [0.2, 0.25) is 19.7 Å². The largest absolute Gasteiger partial charge is 0.324 e. The van der Waals surface area contributed by atoms with Gasteiger partial charge in [-0.1, -0.05) is 48.6 Å². The van der Waals surface area contributed by atoms with Crippen LogP contribution in [0.3, 0.4) is 0 Å². The number of hydrogen-bond acceptors (Lipinski definition) is 5. The first-order valence-corrected chi connectivity index (χ1v) is 11.0. The summed E-state index contributed by atoms with van der Waals surface area (Å²) in [5.74, 6) is -1.71. The first-order valence-electron chi connectivity index (χ1n) is 8.08. The Bertz CT molecular complexity index is 945. The molecule has 0 heterocycles. The molecule has 0 saturated carbocycles. The van der Waals surface area contributed by atoms with Crippen molar-refractivity contribution < 1.29 is 26.0 Å². The summed E-state index contributed by atoms with van der Waals surface area (Å²) in [5.41, 5.74) is 0. The van der Waals surface area contributed by atoms with Gasteiger partial charge in [-0.25, -0.2) is 21.2 Å². The number of halogens is 1. The monoisotopic (exact) mass is 410 g/mol. The van der Waals surface area contributed by atoms with Gasteiger partial charge in [-0.15, -0.1) is 0 Å². The standard InChI is InChI=1S/C19H19FO5S2/c1-2-9-16(14-15-21)19(20,26(22,23)17-10-5-3-6-11-17)27(24,25)18-12-7-4-8-13-18/h2-13,15-16H,14H2,1H3/b9-2+. The van der Waals surface area contributed by atoms with E-state index in [9.17, 15) is 21.6 Å². The van der Waals surface area contributed by atoms with Gasteiger partial charge >= 0.3 is 4.33 Å². The van der Waals surface area contributed by atoms with E-state index in [0.717, 1.165) is 30.3 Å². The maximum Gasteiger partial charge on any atom is 0.324 e. The van der Waals surface area contributed by atoms with Gasteiger partial charge in [-0.05, 0) is 31.2 Å². The average Bonchev–Trinajstić information content (AvgIpc) is 2.68. The van der Waals surface area contributed by atoms with Crippen molar-refractivity contribution in [1.29, 1.82) is 0 Å². The minimum Gasteiger partial charge on any atom is -0.303 e. The minimum absolute atomic E-state index is 0.306. The Kier molecular flexibility index (Phi) is 6.33. The fraction of sp³-hybridized carbons (Fsp3) is 0.211. The SMILES string of the molecule is C/C=C/C(CC=O)C(F)(S(=O)(=O)c1ccccc1)S(=O)(=O)c1ccccc1. The second-order valence-electron chi connectivity index (χ2n) is 5.75. The van der Waals surface area contributed by atoms with E-state index >= 15 is 4.39 Å². The lowest BCUT2D eigenvalue weighted by Gasteiger charge is -2.30. The van der Waals surface area contributed by atoms with Crippen molar-refractivity contribution in [2.75, 3.05) is 0 Å². The van der Waals surface area contributed by atoms with E-state index in [4.69, 9.17) is 0 Å². The molecule has 0 amide bonds. The van der Waals surface area contributed by atoms with Crippen LogP contribution in [0.25, 0.3) is 0 Å². The quantitative estimate of drug-likeness (QED) is 0.492. The molecule has 0 N–H and O–H groups in total. The second-order valence-corrected chi connectivity index (χ2v) is 10.2. The van der Waals surface area contributed by atoms with Crippen LogP contribution < -0.4 is 0 Å². The average molecular weight is 410 g/mol. The predicted molar refractivity (Wildman–Crippen MR) is 100 cm³/mol. The summed E-state index contributed by atoms with van der Waals surface area (Å²) in [6, 6.07) is 13.0. The van der Waals surface area contributed by atoms with Gasteiger partial charge in [0.1, 0.15) is 6.29 Å². The number of carbonyl (C=O) groups excluding carboxylic acids is 1. The summed E-state index contributed by atoms with van der Waals surface area (Å²) in [6.45, 7) is 1.49. The van der Waals surface area contributed by atoms with Crippen LogP contribution in [0.1, 0.15) is 13.3 Å². The summed E-state index contributed by atoms with van der Waals surface area (Å²) in [5, 5.41) is 0. The topological polar surface area (TPSA) is 85.3 Å². The Labute approximate surface area is 158 Å². The van der Waals surface area contributed by atoms with Crippen molar-refractivity contribution in [3.63, 3.8) is 0 Å². The third-order valence-electron chi connectivity index (χ3n) is 4.06. The third kappa shape index (κ3) is 3.59. The molecule has 2 aromatic carbocycles. The van der Waals surface area contributed by atoms with E-state index in [1.807, 2.05) is 0 Å². The summed E-state index contributed by atoms with van der Waals surface area (Å²) in [6.07, 6.45) is 2.11. The lowest BCUT2D eigenvalue weighted by Crippen LogP contribution is -2.48. The maximum atomic E-state index is 16.4. The van der Waals surface area contributed by atoms with Gasteiger partial charge in [0, 0.05) is 12.3 Å². The zero-order chi connectivity index (χ0) is 20.1. The van der Waals surface area contributed by atoms with Crippen molar-refractivity contribution in [1.82, 2.24) is 0 Å². The van der Waals surface area contributed by atoms with Crippen LogP contribution in [0.15, 0.2) is 82.6 Å². The van der Waals surface area contributed by atoms with E-state index in [0.29, 0.717) is 6.29 Å². The molecular weight excluding hydrogens is 391 g/mol. The molecule has 144 valence electrons. The molecular formula is C19H19FO5S2. The highest BCUT2D eigenvalue weighted by Gasteiger charge is 2.61. The molecule has 0 radical (unpaired) electrons. The molecule has 0 aliphatic carbocycles. The summed E-state index contributed by atoms with van der Waals surface area (Å²) < 4.78 is 65.3. The third-order valence-corrected chi connectivity index (χ3v) is 9.23. The molecule has 0 bridgehead atoms. The molecule has 2 rings (SSSR count). The van der Waals surface area contributed by atoms with Gasteiger partial charge in [-0.2, -0.15) is 0 Å². The fourth-order valence-corrected chi connectivity index (χ4v) is 7.29. The smallest absolute Gasteiger partial charge is 0.303 e. The minimum atomic E-state index is -5.01. The normalized spacial score (nSPS) is 14.1. The zero-order valence-corrected chi connectivity index (χ0v) is 16.2. The van der Waals surface area contributed by atoms with E-state index < -0.39 is 46.1 Å². The highest BCUT2D eigenvalue weighted by atomic mass is 32.3. The number of alkyl halides is 1. The van der Waals surface area contributed by atoms with Crippen LogP contribution in [-0.4, -0.2) is 27.5 Å². The van der Waals surface area contributed by atoms with Crippen molar-refractivity contribution in [3.8, 4) is 0 Å². The Morgan fingerprint density at radius 2 is 1.30 bits per heavy atom. The van der Waals surface area contributed by atoms with E-state index in [1.54, 1.807) is 0 Å².